The largest absolute Gasteiger partial charge is 0.352 e. The molecule has 0 unspecified atom stereocenters. The molecule has 0 spiro atoms. The molecule has 0 atom stereocenters. The van der Waals surface area contributed by atoms with Crippen molar-refractivity contribution in [3.05, 3.63) is 47.8 Å². The number of carbonyl (C=O) groups is 1. The van der Waals surface area contributed by atoms with Gasteiger partial charge in [0, 0.05) is 30.2 Å². The minimum atomic E-state index is -0.0743. The quantitative estimate of drug-likeness (QED) is 0.823. The van der Waals surface area contributed by atoms with E-state index in [1.165, 1.54) is 0 Å². The SMILES string of the molecule is Cn1cc(CCNC(=O)c2cccc(S)c2)cn1. The lowest BCUT2D eigenvalue weighted by Crippen LogP contribution is -2.25. The molecule has 2 rings (SSSR count). The van der Waals surface area contributed by atoms with E-state index in [0.29, 0.717) is 12.1 Å². The molecule has 1 aromatic heterocycles. The molecule has 1 N–H and O–H groups in total. The van der Waals surface area contributed by atoms with Crippen molar-refractivity contribution < 1.29 is 4.79 Å². The number of rotatable bonds is 4. The molecular weight excluding hydrogens is 246 g/mol. The Bertz CT molecular complexity index is 551. The van der Waals surface area contributed by atoms with Gasteiger partial charge in [-0.1, -0.05) is 6.07 Å². The number of thiol groups is 1. The third-order valence-electron chi connectivity index (χ3n) is 2.57. The fraction of sp³-hybridized carbons (Fsp3) is 0.231. The fourth-order valence-corrected chi connectivity index (χ4v) is 1.90. The van der Waals surface area contributed by atoms with Crippen LogP contribution in [0.4, 0.5) is 0 Å². The number of carbonyl (C=O) groups excluding carboxylic acids is 1. The lowest BCUT2D eigenvalue weighted by Gasteiger charge is -2.04. The average Bonchev–Trinajstić information content (AvgIpc) is 2.75. The second kappa shape index (κ2) is 5.73. The minimum Gasteiger partial charge on any atom is -0.352 e. The first-order chi connectivity index (χ1) is 8.65. The van der Waals surface area contributed by atoms with Crippen molar-refractivity contribution in [1.82, 2.24) is 15.1 Å². The number of aryl methyl sites for hydroxylation is 1. The van der Waals surface area contributed by atoms with Crippen LogP contribution in [0.5, 0.6) is 0 Å². The highest BCUT2D eigenvalue weighted by atomic mass is 32.1. The monoisotopic (exact) mass is 261 g/mol. The van der Waals surface area contributed by atoms with Crippen LogP contribution in [-0.4, -0.2) is 22.2 Å². The number of nitrogens with one attached hydrogen (secondary N) is 1. The summed E-state index contributed by atoms with van der Waals surface area (Å²) in [6.45, 7) is 0.599. The molecule has 18 heavy (non-hydrogen) atoms. The zero-order valence-corrected chi connectivity index (χ0v) is 11.0. The highest BCUT2D eigenvalue weighted by Crippen LogP contribution is 2.08. The Hall–Kier alpha value is -1.75. The second-order valence-electron chi connectivity index (χ2n) is 4.08. The third-order valence-corrected chi connectivity index (χ3v) is 2.84. The zero-order chi connectivity index (χ0) is 13.0. The van der Waals surface area contributed by atoms with E-state index in [9.17, 15) is 4.79 Å². The molecule has 0 fully saturated rings. The normalized spacial score (nSPS) is 10.3. The summed E-state index contributed by atoms with van der Waals surface area (Å²) in [6.07, 6.45) is 4.53. The number of hydrogen-bond donors (Lipinski definition) is 2. The molecule has 1 amide bonds. The van der Waals surface area contributed by atoms with Crippen LogP contribution in [0.1, 0.15) is 15.9 Å². The van der Waals surface area contributed by atoms with Gasteiger partial charge in [0.05, 0.1) is 6.20 Å². The molecule has 2 aromatic rings. The van der Waals surface area contributed by atoms with Crippen molar-refractivity contribution in [3.63, 3.8) is 0 Å². The van der Waals surface area contributed by atoms with Gasteiger partial charge in [0.1, 0.15) is 0 Å². The topological polar surface area (TPSA) is 46.9 Å². The zero-order valence-electron chi connectivity index (χ0n) is 10.1. The van der Waals surface area contributed by atoms with E-state index in [1.807, 2.05) is 25.4 Å². The van der Waals surface area contributed by atoms with Crippen LogP contribution in [0.25, 0.3) is 0 Å². The molecule has 4 nitrogen and oxygen atoms in total. The van der Waals surface area contributed by atoms with E-state index in [0.717, 1.165) is 16.9 Å². The fourth-order valence-electron chi connectivity index (χ4n) is 1.67. The number of amides is 1. The number of aromatic nitrogens is 2. The summed E-state index contributed by atoms with van der Waals surface area (Å²) < 4.78 is 1.75. The van der Waals surface area contributed by atoms with Crippen LogP contribution in [0.3, 0.4) is 0 Å². The summed E-state index contributed by atoms with van der Waals surface area (Å²) >= 11 is 4.21. The maximum atomic E-state index is 11.8. The molecule has 0 saturated heterocycles. The molecule has 0 saturated carbocycles. The second-order valence-corrected chi connectivity index (χ2v) is 4.59. The van der Waals surface area contributed by atoms with Gasteiger partial charge >= 0.3 is 0 Å². The minimum absolute atomic E-state index is 0.0743. The Balaban J connectivity index is 1.85. The smallest absolute Gasteiger partial charge is 0.251 e. The van der Waals surface area contributed by atoms with Crippen molar-refractivity contribution in [2.24, 2.45) is 7.05 Å². The van der Waals surface area contributed by atoms with E-state index in [4.69, 9.17) is 0 Å². The van der Waals surface area contributed by atoms with E-state index < -0.39 is 0 Å². The first-order valence-electron chi connectivity index (χ1n) is 5.70. The summed E-state index contributed by atoms with van der Waals surface area (Å²) in [5, 5.41) is 6.95. The lowest BCUT2D eigenvalue weighted by molar-refractivity contribution is 0.0954. The van der Waals surface area contributed by atoms with Crippen LogP contribution in [0.2, 0.25) is 0 Å². The van der Waals surface area contributed by atoms with Crippen LogP contribution >= 0.6 is 12.6 Å². The van der Waals surface area contributed by atoms with E-state index in [-0.39, 0.29) is 5.91 Å². The lowest BCUT2D eigenvalue weighted by atomic mass is 10.2. The Morgan fingerprint density at radius 1 is 1.50 bits per heavy atom. The molecule has 0 aliphatic carbocycles. The molecule has 5 heteroatoms. The highest BCUT2D eigenvalue weighted by Gasteiger charge is 2.05. The van der Waals surface area contributed by atoms with Crippen LogP contribution in [0.15, 0.2) is 41.6 Å². The third kappa shape index (κ3) is 3.37. The van der Waals surface area contributed by atoms with Crippen molar-refractivity contribution in [3.8, 4) is 0 Å². The van der Waals surface area contributed by atoms with Crippen LogP contribution in [0, 0.1) is 0 Å². The van der Waals surface area contributed by atoms with Gasteiger partial charge in [-0.25, -0.2) is 0 Å². The van der Waals surface area contributed by atoms with Crippen molar-refractivity contribution in [1.29, 1.82) is 0 Å². The van der Waals surface area contributed by atoms with Gasteiger partial charge in [-0.2, -0.15) is 5.10 Å². The van der Waals surface area contributed by atoms with Crippen LogP contribution < -0.4 is 5.32 Å². The number of nitrogens with zero attached hydrogens (tertiary/aromatic N) is 2. The van der Waals surface area contributed by atoms with E-state index in [1.54, 1.807) is 23.0 Å². The Morgan fingerprint density at radius 3 is 3.00 bits per heavy atom. The molecular formula is C13H15N3OS. The van der Waals surface area contributed by atoms with Crippen molar-refractivity contribution >= 4 is 18.5 Å². The first-order valence-corrected chi connectivity index (χ1v) is 6.14. The average molecular weight is 261 g/mol. The summed E-state index contributed by atoms with van der Waals surface area (Å²) in [5.41, 5.74) is 1.74. The maximum Gasteiger partial charge on any atom is 0.251 e. The van der Waals surface area contributed by atoms with E-state index >= 15 is 0 Å². The predicted octanol–water partition coefficient (Wildman–Crippen LogP) is 1.68. The summed E-state index contributed by atoms with van der Waals surface area (Å²) in [4.78, 5) is 12.6. The number of benzene rings is 1. The highest BCUT2D eigenvalue weighted by molar-refractivity contribution is 7.80. The number of hydrogen-bond acceptors (Lipinski definition) is 3. The molecule has 0 radical (unpaired) electrons. The Labute approximate surface area is 111 Å². The van der Waals surface area contributed by atoms with Gasteiger partial charge in [-0.3, -0.25) is 9.48 Å². The molecule has 0 aliphatic rings. The Morgan fingerprint density at radius 2 is 2.33 bits per heavy atom. The standard InChI is InChI=1S/C13H15N3OS/c1-16-9-10(8-15-16)5-6-14-13(17)11-3-2-4-12(18)7-11/h2-4,7-9,18H,5-6H2,1H3,(H,14,17). The van der Waals surface area contributed by atoms with Gasteiger partial charge < -0.3 is 5.32 Å². The van der Waals surface area contributed by atoms with Crippen molar-refractivity contribution in [2.45, 2.75) is 11.3 Å². The molecule has 0 aliphatic heterocycles. The summed E-state index contributed by atoms with van der Waals surface area (Å²) in [5.74, 6) is -0.0743. The van der Waals surface area contributed by atoms with Crippen molar-refractivity contribution in [2.75, 3.05) is 6.54 Å². The molecule has 1 heterocycles. The first kappa shape index (κ1) is 12.7. The molecule has 94 valence electrons. The van der Waals surface area contributed by atoms with Crippen LogP contribution in [-0.2, 0) is 13.5 Å². The maximum absolute atomic E-state index is 11.8. The Kier molecular flexibility index (Phi) is 4.04. The molecule has 0 bridgehead atoms. The predicted molar refractivity (Wildman–Crippen MR) is 72.9 cm³/mol. The van der Waals surface area contributed by atoms with Gasteiger partial charge in [0.2, 0.25) is 0 Å². The van der Waals surface area contributed by atoms with Gasteiger partial charge in [-0.05, 0) is 30.2 Å². The summed E-state index contributed by atoms with van der Waals surface area (Å²) in [7, 11) is 1.88. The molecule has 1 aromatic carbocycles. The van der Waals surface area contributed by atoms with Gasteiger partial charge in [0.25, 0.3) is 5.91 Å². The van der Waals surface area contributed by atoms with Gasteiger partial charge in [0.15, 0.2) is 0 Å². The van der Waals surface area contributed by atoms with Gasteiger partial charge in [-0.15, -0.1) is 12.6 Å². The summed E-state index contributed by atoms with van der Waals surface area (Å²) in [6, 6.07) is 7.19. The van der Waals surface area contributed by atoms with E-state index in [2.05, 4.69) is 23.0 Å².